The maximum Gasteiger partial charge on any atom is 0.237 e. The van der Waals surface area contributed by atoms with Crippen molar-refractivity contribution in [2.24, 2.45) is 17.8 Å². The molecule has 0 bridgehead atoms. The van der Waals surface area contributed by atoms with Gasteiger partial charge in [0, 0.05) is 5.56 Å². The summed E-state index contributed by atoms with van der Waals surface area (Å²) in [7, 11) is 0. The van der Waals surface area contributed by atoms with Gasteiger partial charge in [-0.15, -0.1) is 0 Å². The number of anilines is 1. The molecule has 1 aliphatic heterocycles. The SMILES string of the molecule is Cc1ccc(C(=O)COc2ccc(N3C(=O)[C@@H]4CC[C@@H](C)C[C@H]4C3=O)cc2)cc1C. The number of aryl methyl sites for hydroxylation is 2. The number of fused-ring (bicyclic) bond motifs is 1. The van der Waals surface area contributed by atoms with E-state index in [9.17, 15) is 14.4 Å². The number of rotatable bonds is 5. The maximum atomic E-state index is 12.8. The minimum atomic E-state index is -0.187. The molecule has 1 saturated carbocycles. The lowest BCUT2D eigenvalue weighted by Crippen LogP contribution is -2.30. The molecule has 4 rings (SSSR count). The lowest BCUT2D eigenvalue weighted by atomic mass is 9.76. The number of ketones is 1. The Bertz CT molecular complexity index is 995. The van der Waals surface area contributed by atoms with Crippen molar-refractivity contribution in [3.05, 3.63) is 59.2 Å². The zero-order chi connectivity index (χ0) is 21.4. The molecular formula is C25H27NO4. The molecule has 0 unspecified atom stereocenters. The van der Waals surface area contributed by atoms with Crippen molar-refractivity contribution in [2.45, 2.75) is 40.0 Å². The predicted molar refractivity (Wildman–Crippen MR) is 115 cm³/mol. The number of benzene rings is 2. The van der Waals surface area contributed by atoms with Crippen molar-refractivity contribution in [3.8, 4) is 5.75 Å². The molecule has 0 spiro atoms. The van der Waals surface area contributed by atoms with Gasteiger partial charge in [0.05, 0.1) is 17.5 Å². The molecule has 3 atom stereocenters. The molecule has 1 heterocycles. The van der Waals surface area contributed by atoms with Gasteiger partial charge in [-0.2, -0.15) is 0 Å². The number of carbonyl (C=O) groups is 3. The fourth-order valence-electron chi connectivity index (χ4n) is 4.48. The second-order valence-electron chi connectivity index (χ2n) is 8.65. The van der Waals surface area contributed by atoms with Crippen molar-refractivity contribution in [2.75, 3.05) is 11.5 Å². The molecule has 1 aliphatic carbocycles. The van der Waals surface area contributed by atoms with Gasteiger partial charge in [0.2, 0.25) is 11.8 Å². The summed E-state index contributed by atoms with van der Waals surface area (Å²) >= 11 is 0. The first-order chi connectivity index (χ1) is 14.3. The minimum absolute atomic E-state index is 0.0640. The Labute approximate surface area is 177 Å². The van der Waals surface area contributed by atoms with E-state index in [1.54, 1.807) is 24.3 Å². The van der Waals surface area contributed by atoms with E-state index in [0.29, 0.717) is 22.9 Å². The number of hydrogen-bond donors (Lipinski definition) is 0. The summed E-state index contributed by atoms with van der Waals surface area (Å²) in [6.07, 6.45) is 2.57. The number of carbonyl (C=O) groups excluding carboxylic acids is 3. The highest BCUT2D eigenvalue weighted by atomic mass is 16.5. The molecule has 1 saturated heterocycles. The Hall–Kier alpha value is -2.95. The van der Waals surface area contributed by atoms with Crippen LogP contribution in [0.5, 0.6) is 5.75 Å². The quantitative estimate of drug-likeness (QED) is 0.543. The fraction of sp³-hybridized carbons (Fsp3) is 0.400. The summed E-state index contributed by atoms with van der Waals surface area (Å²) in [6, 6.07) is 12.4. The van der Waals surface area contributed by atoms with Crippen molar-refractivity contribution in [1.82, 2.24) is 0 Å². The Kier molecular flexibility index (Phi) is 5.46. The van der Waals surface area contributed by atoms with Crippen LogP contribution < -0.4 is 9.64 Å². The highest BCUT2D eigenvalue weighted by molar-refractivity contribution is 6.22. The van der Waals surface area contributed by atoms with Gasteiger partial charge in [0.1, 0.15) is 5.75 Å². The molecule has 0 N–H and O–H groups in total. The summed E-state index contributed by atoms with van der Waals surface area (Å²) in [5.74, 6) is 0.374. The fourth-order valence-corrected chi connectivity index (χ4v) is 4.48. The summed E-state index contributed by atoms with van der Waals surface area (Å²) in [4.78, 5) is 39.4. The van der Waals surface area contributed by atoms with E-state index in [1.807, 2.05) is 32.0 Å². The van der Waals surface area contributed by atoms with Crippen LogP contribution in [-0.2, 0) is 9.59 Å². The lowest BCUT2D eigenvalue weighted by molar-refractivity contribution is -0.122. The van der Waals surface area contributed by atoms with E-state index in [4.69, 9.17) is 4.74 Å². The van der Waals surface area contributed by atoms with Crippen molar-refractivity contribution in [3.63, 3.8) is 0 Å². The summed E-state index contributed by atoms with van der Waals surface area (Å²) < 4.78 is 5.63. The average molecular weight is 405 g/mol. The number of ether oxygens (including phenoxy) is 1. The normalized spacial score (nSPS) is 23.4. The smallest absolute Gasteiger partial charge is 0.237 e. The first-order valence-corrected chi connectivity index (χ1v) is 10.6. The molecule has 2 aromatic carbocycles. The predicted octanol–water partition coefficient (Wildman–Crippen LogP) is 4.49. The topological polar surface area (TPSA) is 63.7 Å². The summed E-state index contributed by atoms with van der Waals surface area (Å²) in [5.41, 5.74) is 3.41. The van der Waals surface area contributed by atoms with Gasteiger partial charge in [0.15, 0.2) is 12.4 Å². The third-order valence-corrected chi connectivity index (χ3v) is 6.48. The van der Waals surface area contributed by atoms with Crippen LogP contribution >= 0.6 is 0 Å². The van der Waals surface area contributed by atoms with E-state index in [2.05, 4.69) is 6.92 Å². The Balaban J connectivity index is 1.42. The van der Waals surface area contributed by atoms with Gasteiger partial charge in [0.25, 0.3) is 0 Å². The molecule has 30 heavy (non-hydrogen) atoms. The molecule has 0 radical (unpaired) electrons. The third-order valence-electron chi connectivity index (χ3n) is 6.48. The van der Waals surface area contributed by atoms with Gasteiger partial charge in [-0.05, 0) is 80.5 Å². The van der Waals surface area contributed by atoms with Crippen LogP contribution in [0.2, 0.25) is 0 Å². The van der Waals surface area contributed by atoms with Crippen molar-refractivity contribution in [1.29, 1.82) is 0 Å². The van der Waals surface area contributed by atoms with Gasteiger partial charge in [-0.3, -0.25) is 19.3 Å². The number of hydrogen-bond acceptors (Lipinski definition) is 4. The summed E-state index contributed by atoms with van der Waals surface area (Å²) in [5, 5.41) is 0. The maximum absolute atomic E-state index is 12.8. The zero-order valence-corrected chi connectivity index (χ0v) is 17.7. The van der Waals surface area contributed by atoms with Gasteiger partial charge < -0.3 is 4.74 Å². The van der Waals surface area contributed by atoms with Crippen LogP contribution in [0.4, 0.5) is 5.69 Å². The number of Topliss-reactive ketones (excluding diaryl/α,β-unsaturated/α-hetero) is 1. The average Bonchev–Trinajstić information content (AvgIpc) is 2.98. The van der Waals surface area contributed by atoms with E-state index in [1.165, 1.54) is 4.90 Å². The second-order valence-corrected chi connectivity index (χ2v) is 8.65. The molecule has 5 nitrogen and oxygen atoms in total. The zero-order valence-electron chi connectivity index (χ0n) is 17.7. The van der Waals surface area contributed by atoms with Crippen LogP contribution in [0.15, 0.2) is 42.5 Å². The highest BCUT2D eigenvalue weighted by Crippen LogP contribution is 2.42. The molecule has 2 aliphatic rings. The van der Waals surface area contributed by atoms with Crippen LogP contribution in [0.1, 0.15) is 47.7 Å². The standard InChI is InChI=1S/C25H27NO4/c1-15-4-11-21-22(12-15)25(29)26(24(21)28)19-7-9-20(10-8-19)30-14-23(27)18-6-5-16(2)17(3)13-18/h5-10,13,15,21-22H,4,11-12,14H2,1-3H3/t15-,21-,22-/m1/s1. The Morgan fingerprint density at radius 3 is 2.37 bits per heavy atom. The van der Waals surface area contributed by atoms with Gasteiger partial charge in [-0.1, -0.05) is 19.1 Å². The second kappa shape index (κ2) is 8.05. The van der Waals surface area contributed by atoms with Crippen LogP contribution in [-0.4, -0.2) is 24.2 Å². The summed E-state index contributed by atoms with van der Waals surface area (Å²) in [6.45, 7) is 6.06. The molecular weight excluding hydrogens is 378 g/mol. The van der Waals surface area contributed by atoms with E-state index >= 15 is 0 Å². The van der Waals surface area contributed by atoms with Crippen LogP contribution in [0, 0.1) is 31.6 Å². The molecule has 2 aromatic rings. The van der Waals surface area contributed by atoms with Crippen LogP contribution in [0.3, 0.4) is 0 Å². The number of imide groups is 1. The monoisotopic (exact) mass is 405 g/mol. The van der Waals surface area contributed by atoms with Crippen molar-refractivity contribution < 1.29 is 19.1 Å². The molecule has 2 fully saturated rings. The third kappa shape index (κ3) is 3.76. The Morgan fingerprint density at radius 1 is 0.967 bits per heavy atom. The van der Waals surface area contributed by atoms with Gasteiger partial charge in [-0.25, -0.2) is 0 Å². The molecule has 5 heteroatoms. The molecule has 0 aromatic heterocycles. The van der Waals surface area contributed by atoms with E-state index in [0.717, 1.165) is 30.4 Å². The van der Waals surface area contributed by atoms with Gasteiger partial charge >= 0.3 is 0 Å². The van der Waals surface area contributed by atoms with E-state index in [-0.39, 0.29) is 36.0 Å². The molecule has 2 amide bonds. The Morgan fingerprint density at radius 2 is 1.67 bits per heavy atom. The minimum Gasteiger partial charge on any atom is -0.485 e. The first-order valence-electron chi connectivity index (χ1n) is 10.6. The van der Waals surface area contributed by atoms with Crippen LogP contribution in [0.25, 0.3) is 0 Å². The highest BCUT2D eigenvalue weighted by Gasteiger charge is 2.49. The first kappa shape index (κ1) is 20.3. The molecule has 156 valence electrons. The number of nitrogens with zero attached hydrogens (tertiary/aromatic N) is 1. The number of amides is 2. The largest absolute Gasteiger partial charge is 0.485 e. The lowest BCUT2D eigenvalue weighted by Gasteiger charge is -2.25. The van der Waals surface area contributed by atoms with E-state index < -0.39 is 0 Å². The van der Waals surface area contributed by atoms with Crippen molar-refractivity contribution >= 4 is 23.3 Å².